The van der Waals surface area contributed by atoms with Crippen molar-refractivity contribution in [3.8, 4) is 11.4 Å². The van der Waals surface area contributed by atoms with Crippen LogP contribution in [-0.2, 0) is 24.3 Å². The van der Waals surface area contributed by atoms with Crippen molar-refractivity contribution in [3.05, 3.63) is 46.4 Å². The quantitative estimate of drug-likeness (QED) is 0.726. The van der Waals surface area contributed by atoms with Crippen molar-refractivity contribution in [2.45, 2.75) is 45.7 Å². The highest BCUT2D eigenvalue weighted by molar-refractivity contribution is 5.91. The summed E-state index contributed by atoms with van der Waals surface area (Å²) < 4.78 is 2.94. The predicted molar refractivity (Wildman–Crippen MR) is 99.2 cm³/mol. The van der Waals surface area contributed by atoms with Crippen LogP contribution in [0.5, 0.6) is 0 Å². The highest BCUT2D eigenvalue weighted by Crippen LogP contribution is 2.19. The Kier molecular flexibility index (Phi) is 4.57. The molecule has 27 heavy (non-hydrogen) atoms. The molecular formula is C18H21N7O2. The number of hydrogen-bond acceptors (Lipinski definition) is 5. The zero-order valence-electron chi connectivity index (χ0n) is 15.1. The number of benzene rings is 1. The van der Waals surface area contributed by atoms with Gasteiger partial charge in [0.1, 0.15) is 18.2 Å². The Morgan fingerprint density at radius 2 is 2.19 bits per heavy atom. The minimum Gasteiger partial charge on any atom is -0.324 e. The number of rotatable bonds is 4. The first kappa shape index (κ1) is 17.2. The van der Waals surface area contributed by atoms with E-state index < -0.39 is 0 Å². The third-order valence-corrected chi connectivity index (χ3v) is 4.58. The van der Waals surface area contributed by atoms with Gasteiger partial charge < -0.3 is 5.32 Å². The second kappa shape index (κ2) is 7.18. The van der Waals surface area contributed by atoms with Gasteiger partial charge in [-0.25, -0.2) is 14.5 Å². The van der Waals surface area contributed by atoms with E-state index in [1.807, 2.05) is 19.1 Å². The SMILES string of the molecule is Cc1nc(-c2cccc(NC(=O)Cn3nc4n(c3=O)CCCCC4)c2)n[nH]1. The summed E-state index contributed by atoms with van der Waals surface area (Å²) in [7, 11) is 0. The summed E-state index contributed by atoms with van der Waals surface area (Å²) >= 11 is 0. The summed E-state index contributed by atoms with van der Waals surface area (Å²) in [5.41, 5.74) is 1.20. The first-order valence-corrected chi connectivity index (χ1v) is 9.06. The third kappa shape index (κ3) is 3.67. The van der Waals surface area contributed by atoms with Crippen LogP contribution in [0, 0.1) is 6.92 Å². The highest BCUT2D eigenvalue weighted by Gasteiger charge is 2.17. The molecule has 0 unspecified atom stereocenters. The number of carbonyl (C=O) groups excluding carboxylic acids is 1. The molecular weight excluding hydrogens is 346 g/mol. The first-order valence-electron chi connectivity index (χ1n) is 9.06. The lowest BCUT2D eigenvalue weighted by Crippen LogP contribution is -2.30. The summed E-state index contributed by atoms with van der Waals surface area (Å²) in [4.78, 5) is 29.2. The zero-order chi connectivity index (χ0) is 18.8. The average molecular weight is 367 g/mol. The van der Waals surface area contributed by atoms with Gasteiger partial charge in [0.25, 0.3) is 0 Å². The Bertz CT molecular complexity index is 1030. The van der Waals surface area contributed by atoms with Crippen molar-refractivity contribution in [1.29, 1.82) is 0 Å². The minimum absolute atomic E-state index is 0.108. The maximum atomic E-state index is 12.5. The molecule has 2 aromatic heterocycles. The van der Waals surface area contributed by atoms with Gasteiger partial charge in [0.05, 0.1) is 0 Å². The van der Waals surface area contributed by atoms with Crippen LogP contribution < -0.4 is 11.0 Å². The van der Waals surface area contributed by atoms with Crippen LogP contribution in [-0.4, -0.2) is 35.4 Å². The smallest absolute Gasteiger partial charge is 0.324 e. The lowest BCUT2D eigenvalue weighted by atomic mass is 10.2. The Hall–Kier alpha value is -3.23. The Labute approximate surface area is 155 Å². The topological polar surface area (TPSA) is 110 Å². The van der Waals surface area contributed by atoms with E-state index in [1.54, 1.807) is 16.7 Å². The molecule has 140 valence electrons. The fourth-order valence-electron chi connectivity index (χ4n) is 3.27. The van der Waals surface area contributed by atoms with Crippen LogP contribution >= 0.6 is 0 Å². The molecule has 3 aromatic rings. The molecule has 1 aliphatic rings. The predicted octanol–water partition coefficient (Wildman–Crippen LogP) is 1.50. The standard InChI is InChI=1S/C18H21N7O2/c1-12-19-17(22-21-12)13-6-5-7-14(10-13)20-16(26)11-25-18(27)24-9-4-2-3-8-15(24)23-25/h5-7,10H,2-4,8-9,11H2,1H3,(H,20,26)(H,19,21,22). The molecule has 0 aliphatic carbocycles. The molecule has 0 saturated heterocycles. The van der Waals surface area contributed by atoms with E-state index >= 15 is 0 Å². The molecule has 1 aliphatic heterocycles. The summed E-state index contributed by atoms with van der Waals surface area (Å²) in [5.74, 6) is 1.76. The van der Waals surface area contributed by atoms with E-state index in [-0.39, 0.29) is 18.1 Å². The van der Waals surface area contributed by atoms with Crippen molar-refractivity contribution in [2.75, 3.05) is 5.32 Å². The molecule has 0 bridgehead atoms. The molecule has 9 heteroatoms. The first-order chi connectivity index (χ1) is 13.1. The second-order valence-corrected chi connectivity index (χ2v) is 6.69. The van der Waals surface area contributed by atoms with E-state index in [0.29, 0.717) is 18.1 Å². The van der Waals surface area contributed by atoms with Crippen LogP contribution in [0.2, 0.25) is 0 Å². The van der Waals surface area contributed by atoms with Gasteiger partial charge in [-0.1, -0.05) is 18.6 Å². The Morgan fingerprint density at radius 1 is 1.30 bits per heavy atom. The molecule has 0 fully saturated rings. The van der Waals surface area contributed by atoms with Crippen molar-refractivity contribution in [1.82, 2.24) is 29.5 Å². The second-order valence-electron chi connectivity index (χ2n) is 6.69. The molecule has 0 spiro atoms. The summed E-state index contributed by atoms with van der Waals surface area (Å²) in [6, 6.07) is 7.27. The fraction of sp³-hybridized carbons (Fsp3) is 0.389. The number of amides is 1. The number of carbonyl (C=O) groups is 1. The molecule has 9 nitrogen and oxygen atoms in total. The maximum Gasteiger partial charge on any atom is 0.346 e. The van der Waals surface area contributed by atoms with Gasteiger partial charge in [-0.3, -0.25) is 14.5 Å². The van der Waals surface area contributed by atoms with Gasteiger partial charge in [-0.05, 0) is 31.9 Å². The van der Waals surface area contributed by atoms with E-state index in [1.165, 1.54) is 4.68 Å². The number of aryl methyl sites for hydroxylation is 2. The number of H-pyrrole nitrogens is 1. The number of aromatic amines is 1. The van der Waals surface area contributed by atoms with E-state index in [0.717, 1.165) is 42.9 Å². The molecule has 1 aromatic carbocycles. The molecule has 4 rings (SSSR count). The van der Waals surface area contributed by atoms with Gasteiger partial charge >= 0.3 is 5.69 Å². The minimum atomic E-state index is -0.298. The molecule has 1 amide bonds. The number of fused-ring (bicyclic) bond motifs is 1. The summed E-state index contributed by atoms with van der Waals surface area (Å²) in [6.07, 6.45) is 3.88. The van der Waals surface area contributed by atoms with E-state index in [2.05, 4.69) is 25.6 Å². The number of hydrogen-bond donors (Lipinski definition) is 2. The largest absolute Gasteiger partial charge is 0.346 e. The van der Waals surface area contributed by atoms with Crippen LogP contribution in [0.25, 0.3) is 11.4 Å². The third-order valence-electron chi connectivity index (χ3n) is 4.58. The average Bonchev–Trinajstić information content (AvgIpc) is 3.11. The number of nitrogens with zero attached hydrogens (tertiary/aromatic N) is 5. The van der Waals surface area contributed by atoms with Crippen molar-refractivity contribution >= 4 is 11.6 Å². The maximum absolute atomic E-state index is 12.5. The lowest BCUT2D eigenvalue weighted by Gasteiger charge is -2.06. The van der Waals surface area contributed by atoms with E-state index in [4.69, 9.17) is 0 Å². The Morgan fingerprint density at radius 3 is 3.00 bits per heavy atom. The van der Waals surface area contributed by atoms with Crippen molar-refractivity contribution < 1.29 is 4.79 Å². The van der Waals surface area contributed by atoms with Crippen LogP contribution in [0.3, 0.4) is 0 Å². The molecule has 0 radical (unpaired) electrons. The Balaban J connectivity index is 1.48. The van der Waals surface area contributed by atoms with Gasteiger partial charge in [-0.2, -0.15) is 10.2 Å². The van der Waals surface area contributed by atoms with Crippen molar-refractivity contribution in [3.63, 3.8) is 0 Å². The monoisotopic (exact) mass is 367 g/mol. The molecule has 2 N–H and O–H groups in total. The van der Waals surface area contributed by atoms with Crippen LogP contribution in [0.4, 0.5) is 5.69 Å². The van der Waals surface area contributed by atoms with Gasteiger partial charge in [0.2, 0.25) is 5.91 Å². The van der Waals surface area contributed by atoms with Crippen LogP contribution in [0.15, 0.2) is 29.1 Å². The van der Waals surface area contributed by atoms with Gasteiger partial charge in [0.15, 0.2) is 5.82 Å². The highest BCUT2D eigenvalue weighted by atomic mass is 16.2. The molecule has 0 saturated carbocycles. The lowest BCUT2D eigenvalue weighted by molar-refractivity contribution is -0.117. The number of aromatic nitrogens is 6. The van der Waals surface area contributed by atoms with E-state index in [9.17, 15) is 9.59 Å². The van der Waals surface area contributed by atoms with Crippen LogP contribution in [0.1, 0.15) is 30.9 Å². The molecule has 0 atom stereocenters. The number of nitrogens with one attached hydrogen (secondary N) is 2. The fourth-order valence-corrected chi connectivity index (χ4v) is 3.27. The molecule has 3 heterocycles. The summed E-state index contributed by atoms with van der Waals surface area (Å²) in [6.45, 7) is 2.39. The number of anilines is 1. The normalized spacial score (nSPS) is 13.8. The zero-order valence-corrected chi connectivity index (χ0v) is 15.1. The van der Waals surface area contributed by atoms with Gasteiger partial charge in [-0.15, -0.1) is 0 Å². The van der Waals surface area contributed by atoms with Crippen molar-refractivity contribution in [2.24, 2.45) is 0 Å². The van der Waals surface area contributed by atoms with Gasteiger partial charge in [0, 0.05) is 24.2 Å². The summed E-state index contributed by atoms with van der Waals surface area (Å²) in [5, 5.41) is 14.1.